The van der Waals surface area contributed by atoms with Crippen molar-refractivity contribution >= 4 is 17.3 Å². The minimum Gasteiger partial charge on any atom is -0.272 e. The SMILES string of the molecule is Cc1cc(C)cc(N2N=C(C(F)F)CC2=O)c1. The standard InChI is InChI=1S/C12H12F2N2O/c1-7-3-8(2)5-9(4-7)16-11(17)6-10(15-16)12(13)14/h3-5,12H,6H2,1-2H3. The van der Waals surface area contributed by atoms with Gasteiger partial charge in [-0.05, 0) is 37.1 Å². The van der Waals surface area contributed by atoms with Gasteiger partial charge < -0.3 is 0 Å². The maximum atomic E-state index is 12.5. The number of aryl methyl sites for hydroxylation is 2. The summed E-state index contributed by atoms with van der Waals surface area (Å²) in [7, 11) is 0. The molecule has 1 aromatic rings. The Labute approximate surface area is 97.7 Å². The predicted molar refractivity (Wildman–Crippen MR) is 61.5 cm³/mol. The minimum atomic E-state index is -2.67. The minimum absolute atomic E-state index is 0.301. The number of hydrogen-bond donors (Lipinski definition) is 0. The maximum Gasteiger partial charge on any atom is 0.278 e. The molecule has 0 aromatic heterocycles. The Morgan fingerprint density at radius 2 is 1.82 bits per heavy atom. The van der Waals surface area contributed by atoms with Gasteiger partial charge in [0.25, 0.3) is 12.3 Å². The van der Waals surface area contributed by atoms with E-state index in [0.29, 0.717) is 5.69 Å². The first-order valence-corrected chi connectivity index (χ1v) is 5.24. The fraction of sp³-hybridized carbons (Fsp3) is 0.333. The number of nitrogens with zero attached hydrogens (tertiary/aromatic N) is 2. The zero-order valence-corrected chi connectivity index (χ0v) is 9.58. The zero-order valence-electron chi connectivity index (χ0n) is 9.58. The lowest BCUT2D eigenvalue weighted by Crippen LogP contribution is -2.19. The molecular weight excluding hydrogens is 226 g/mol. The molecule has 1 heterocycles. The maximum absolute atomic E-state index is 12.5. The average molecular weight is 238 g/mol. The summed E-state index contributed by atoms with van der Waals surface area (Å²) in [6, 6.07) is 5.45. The second-order valence-corrected chi connectivity index (χ2v) is 4.12. The van der Waals surface area contributed by atoms with E-state index >= 15 is 0 Å². The monoisotopic (exact) mass is 238 g/mol. The first kappa shape index (κ1) is 11.7. The number of anilines is 1. The van der Waals surface area contributed by atoms with E-state index in [1.807, 2.05) is 19.9 Å². The van der Waals surface area contributed by atoms with Crippen LogP contribution >= 0.6 is 0 Å². The van der Waals surface area contributed by atoms with Crippen LogP contribution in [0.4, 0.5) is 14.5 Å². The molecule has 90 valence electrons. The smallest absolute Gasteiger partial charge is 0.272 e. The number of amides is 1. The van der Waals surface area contributed by atoms with Gasteiger partial charge in [-0.3, -0.25) is 4.79 Å². The van der Waals surface area contributed by atoms with Gasteiger partial charge in [0.05, 0.1) is 12.1 Å². The van der Waals surface area contributed by atoms with Gasteiger partial charge in [-0.25, -0.2) is 13.8 Å². The molecule has 3 nitrogen and oxygen atoms in total. The lowest BCUT2D eigenvalue weighted by molar-refractivity contribution is -0.117. The van der Waals surface area contributed by atoms with E-state index in [2.05, 4.69) is 5.10 Å². The summed E-state index contributed by atoms with van der Waals surface area (Å²) in [6.07, 6.45) is -2.97. The Hall–Kier alpha value is -1.78. The van der Waals surface area contributed by atoms with Crippen LogP contribution in [0.1, 0.15) is 17.5 Å². The molecule has 0 saturated heterocycles. The second-order valence-electron chi connectivity index (χ2n) is 4.12. The van der Waals surface area contributed by atoms with Crippen molar-refractivity contribution in [3.05, 3.63) is 29.3 Å². The Kier molecular flexibility index (Phi) is 2.92. The molecule has 0 bridgehead atoms. The van der Waals surface area contributed by atoms with E-state index in [4.69, 9.17) is 0 Å². The number of halogens is 2. The van der Waals surface area contributed by atoms with E-state index < -0.39 is 12.3 Å². The van der Waals surface area contributed by atoms with Crippen LogP contribution in [0.25, 0.3) is 0 Å². The summed E-state index contributed by atoms with van der Waals surface area (Å²) in [4.78, 5) is 11.6. The molecule has 0 spiro atoms. The number of carbonyl (C=O) groups excluding carboxylic acids is 1. The van der Waals surface area contributed by atoms with E-state index in [0.717, 1.165) is 16.1 Å². The Morgan fingerprint density at radius 3 is 2.29 bits per heavy atom. The van der Waals surface area contributed by atoms with Crippen LogP contribution in [-0.2, 0) is 4.79 Å². The summed E-state index contributed by atoms with van der Waals surface area (Å²) >= 11 is 0. The highest BCUT2D eigenvalue weighted by Gasteiger charge is 2.30. The Morgan fingerprint density at radius 1 is 1.24 bits per heavy atom. The molecule has 1 aliphatic heterocycles. The van der Waals surface area contributed by atoms with Gasteiger partial charge in [0, 0.05) is 0 Å². The number of benzene rings is 1. The molecule has 0 fully saturated rings. The third-order valence-corrected chi connectivity index (χ3v) is 2.50. The Bertz CT molecular complexity index is 477. The first-order valence-electron chi connectivity index (χ1n) is 5.24. The normalized spacial score (nSPS) is 15.7. The van der Waals surface area contributed by atoms with Gasteiger partial charge >= 0.3 is 0 Å². The average Bonchev–Trinajstić information content (AvgIpc) is 2.59. The highest BCUT2D eigenvalue weighted by molar-refractivity contribution is 6.14. The molecule has 0 aliphatic carbocycles. The zero-order chi connectivity index (χ0) is 12.6. The van der Waals surface area contributed by atoms with Gasteiger partial charge in [0.15, 0.2) is 0 Å². The molecule has 0 N–H and O–H groups in total. The molecule has 0 atom stereocenters. The van der Waals surface area contributed by atoms with E-state index in [1.165, 1.54) is 0 Å². The number of carbonyl (C=O) groups is 1. The van der Waals surface area contributed by atoms with Gasteiger partial charge in [0.2, 0.25) is 0 Å². The summed E-state index contributed by atoms with van der Waals surface area (Å²) in [5.74, 6) is -0.412. The van der Waals surface area contributed by atoms with Crippen molar-refractivity contribution in [2.24, 2.45) is 5.10 Å². The van der Waals surface area contributed by atoms with Crippen LogP contribution < -0.4 is 5.01 Å². The van der Waals surface area contributed by atoms with Crippen LogP contribution in [0.2, 0.25) is 0 Å². The fourth-order valence-electron chi connectivity index (χ4n) is 1.84. The number of alkyl halides is 2. The second kappa shape index (κ2) is 4.24. The van der Waals surface area contributed by atoms with Gasteiger partial charge in [-0.2, -0.15) is 5.10 Å². The summed E-state index contributed by atoms with van der Waals surface area (Å²) in [5, 5.41) is 4.73. The quantitative estimate of drug-likeness (QED) is 0.779. The lowest BCUT2D eigenvalue weighted by atomic mass is 10.1. The summed E-state index contributed by atoms with van der Waals surface area (Å²) in [6.45, 7) is 3.77. The molecule has 17 heavy (non-hydrogen) atoms. The van der Waals surface area contributed by atoms with E-state index in [-0.39, 0.29) is 12.1 Å². The van der Waals surface area contributed by atoms with Crippen molar-refractivity contribution in [1.29, 1.82) is 0 Å². The largest absolute Gasteiger partial charge is 0.278 e. The molecule has 2 rings (SSSR count). The van der Waals surface area contributed by atoms with Crippen molar-refractivity contribution in [1.82, 2.24) is 0 Å². The Balaban J connectivity index is 2.37. The summed E-state index contributed by atoms with van der Waals surface area (Å²) in [5.41, 5.74) is 2.11. The molecule has 1 amide bonds. The molecule has 5 heteroatoms. The van der Waals surface area contributed by atoms with Crippen LogP contribution in [0.3, 0.4) is 0 Å². The van der Waals surface area contributed by atoms with Crippen molar-refractivity contribution in [2.75, 3.05) is 5.01 Å². The third-order valence-electron chi connectivity index (χ3n) is 2.50. The van der Waals surface area contributed by atoms with Crippen LogP contribution in [-0.4, -0.2) is 18.0 Å². The van der Waals surface area contributed by atoms with Gasteiger partial charge in [-0.1, -0.05) is 6.07 Å². The third kappa shape index (κ3) is 2.33. The topological polar surface area (TPSA) is 32.7 Å². The van der Waals surface area contributed by atoms with Crippen LogP contribution in [0.5, 0.6) is 0 Å². The first-order chi connectivity index (χ1) is 7.97. The molecular formula is C12H12F2N2O. The van der Waals surface area contributed by atoms with Crippen molar-refractivity contribution < 1.29 is 13.6 Å². The lowest BCUT2D eigenvalue weighted by Gasteiger charge is -2.13. The molecule has 1 aliphatic rings. The molecule has 0 unspecified atom stereocenters. The van der Waals surface area contributed by atoms with Gasteiger partial charge in [0.1, 0.15) is 5.71 Å². The van der Waals surface area contributed by atoms with E-state index in [1.54, 1.807) is 12.1 Å². The van der Waals surface area contributed by atoms with Crippen molar-refractivity contribution in [3.63, 3.8) is 0 Å². The van der Waals surface area contributed by atoms with Crippen molar-refractivity contribution in [3.8, 4) is 0 Å². The van der Waals surface area contributed by atoms with E-state index in [9.17, 15) is 13.6 Å². The molecule has 1 aromatic carbocycles. The summed E-state index contributed by atoms with van der Waals surface area (Å²) < 4.78 is 24.9. The molecule has 0 radical (unpaired) electrons. The predicted octanol–water partition coefficient (Wildman–Crippen LogP) is 2.66. The van der Waals surface area contributed by atoms with Crippen LogP contribution in [0, 0.1) is 13.8 Å². The number of rotatable bonds is 2. The fourth-order valence-corrected chi connectivity index (χ4v) is 1.84. The molecule has 0 saturated carbocycles. The van der Waals surface area contributed by atoms with Crippen LogP contribution in [0.15, 0.2) is 23.3 Å². The highest BCUT2D eigenvalue weighted by Crippen LogP contribution is 2.24. The number of hydrazone groups is 1. The highest BCUT2D eigenvalue weighted by atomic mass is 19.3. The van der Waals surface area contributed by atoms with Gasteiger partial charge in [-0.15, -0.1) is 0 Å². The van der Waals surface area contributed by atoms with Crippen molar-refractivity contribution in [2.45, 2.75) is 26.7 Å². The number of hydrogen-bond acceptors (Lipinski definition) is 2.